The molecule has 22 heavy (non-hydrogen) atoms. The Hall–Kier alpha value is -1.32. The predicted octanol–water partition coefficient (Wildman–Crippen LogP) is 4.47. The van der Waals surface area contributed by atoms with Crippen molar-refractivity contribution < 1.29 is 0 Å². The van der Waals surface area contributed by atoms with Crippen LogP contribution in [0.2, 0.25) is 5.02 Å². The molecule has 2 aromatic rings. The fourth-order valence-corrected chi connectivity index (χ4v) is 3.40. The lowest BCUT2D eigenvalue weighted by Crippen LogP contribution is -2.23. The first-order valence-electron chi connectivity index (χ1n) is 8.32. The van der Waals surface area contributed by atoms with Crippen molar-refractivity contribution in [2.75, 3.05) is 25.0 Å². The zero-order valence-electron chi connectivity index (χ0n) is 12.9. The van der Waals surface area contributed by atoms with Gasteiger partial charge in [0.05, 0.1) is 5.52 Å². The van der Waals surface area contributed by atoms with E-state index in [0.29, 0.717) is 0 Å². The van der Waals surface area contributed by atoms with Gasteiger partial charge in [0, 0.05) is 28.8 Å². The second-order valence-corrected chi connectivity index (χ2v) is 6.59. The molecule has 0 radical (unpaired) electrons. The second kappa shape index (κ2) is 7.80. The lowest BCUT2D eigenvalue weighted by atomic mass is 10.1. The topological polar surface area (TPSA) is 37.0 Å². The molecule has 1 aromatic carbocycles. The molecule has 4 heteroatoms. The average molecular weight is 318 g/mol. The lowest BCUT2D eigenvalue weighted by Gasteiger charge is -2.12. The molecule has 3 nitrogen and oxygen atoms in total. The third kappa shape index (κ3) is 4.11. The maximum atomic E-state index is 6.02. The van der Waals surface area contributed by atoms with Gasteiger partial charge in [0.15, 0.2) is 0 Å². The molecule has 0 saturated heterocycles. The highest BCUT2D eigenvalue weighted by Gasteiger charge is 2.13. The predicted molar refractivity (Wildman–Crippen MR) is 94.7 cm³/mol. The summed E-state index contributed by atoms with van der Waals surface area (Å²) >= 11 is 6.02. The van der Waals surface area contributed by atoms with Crippen LogP contribution in [0.25, 0.3) is 10.9 Å². The minimum atomic E-state index is 0.730. The number of nitrogens with zero attached hydrogens (tertiary/aromatic N) is 1. The number of fused-ring (bicyclic) bond motifs is 1. The Morgan fingerprint density at radius 3 is 2.86 bits per heavy atom. The number of rotatable bonds is 7. The van der Waals surface area contributed by atoms with Gasteiger partial charge in [-0.25, -0.2) is 0 Å². The molecule has 1 saturated carbocycles. The molecule has 1 aliphatic rings. The molecule has 0 unspecified atom stereocenters. The maximum Gasteiger partial charge on any atom is 0.0737 e. The average Bonchev–Trinajstić information content (AvgIpc) is 3.03. The number of aromatic nitrogens is 1. The Kier molecular flexibility index (Phi) is 5.52. The molecule has 1 heterocycles. The number of hydrogen-bond acceptors (Lipinski definition) is 3. The number of hydrogen-bond donors (Lipinski definition) is 2. The third-order valence-electron chi connectivity index (χ3n) is 4.46. The van der Waals surface area contributed by atoms with Crippen LogP contribution in [0.15, 0.2) is 30.5 Å². The summed E-state index contributed by atoms with van der Waals surface area (Å²) < 4.78 is 0. The molecule has 2 N–H and O–H groups in total. The van der Waals surface area contributed by atoms with Crippen molar-refractivity contribution in [3.05, 3.63) is 35.5 Å². The normalized spacial score (nSPS) is 15.5. The van der Waals surface area contributed by atoms with Gasteiger partial charge in [0.1, 0.15) is 0 Å². The van der Waals surface area contributed by atoms with E-state index < -0.39 is 0 Å². The van der Waals surface area contributed by atoms with E-state index in [-0.39, 0.29) is 0 Å². The van der Waals surface area contributed by atoms with E-state index in [2.05, 4.69) is 15.6 Å². The summed E-state index contributed by atoms with van der Waals surface area (Å²) in [6.07, 6.45) is 8.64. The van der Waals surface area contributed by atoms with E-state index in [1.165, 1.54) is 32.2 Å². The zero-order valence-corrected chi connectivity index (χ0v) is 13.7. The van der Waals surface area contributed by atoms with Crippen LogP contribution in [-0.4, -0.2) is 24.6 Å². The van der Waals surface area contributed by atoms with Crippen LogP contribution in [0.4, 0.5) is 5.69 Å². The van der Waals surface area contributed by atoms with E-state index >= 15 is 0 Å². The number of halogens is 1. The monoisotopic (exact) mass is 317 g/mol. The van der Waals surface area contributed by atoms with Gasteiger partial charge in [-0.15, -0.1) is 0 Å². The first-order chi connectivity index (χ1) is 10.8. The fraction of sp³-hybridized carbons (Fsp3) is 0.500. The highest BCUT2D eigenvalue weighted by Crippen LogP contribution is 2.24. The summed E-state index contributed by atoms with van der Waals surface area (Å²) in [5.74, 6) is 0.918. The van der Waals surface area contributed by atoms with E-state index in [1.807, 2.05) is 30.5 Å². The standard InChI is InChI=1S/C18H24ClN3/c19-15-6-7-16-17(8-11-22-18(16)12-15)21-10-3-9-20-13-14-4-1-2-5-14/h6-8,11-12,14,20H,1-5,9-10,13H2,(H,21,22). The van der Waals surface area contributed by atoms with E-state index in [1.54, 1.807) is 0 Å². The van der Waals surface area contributed by atoms with Crippen LogP contribution in [0.5, 0.6) is 0 Å². The molecule has 0 aliphatic heterocycles. The van der Waals surface area contributed by atoms with E-state index in [9.17, 15) is 0 Å². The van der Waals surface area contributed by atoms with Crippen LogP contribution < -0.4 is 10.6 Å². The molecule has 0 spiro atoms. The Balaban J connectivity index is 1.43. The van der Waals surface area contributed by atoms with E-state index in [4.69, 9.17) is 11.6 Å². The number of anilines is 1. The molecule has 0 atom stereocenters. The summed E-state index contributed by atoms with van der Waals surface area (Å²) in [7, 11) is 0. The molecule has 0 amide bonds. The second-order valence-electron chi connectivity index (χ2n) is 6.15. The highest BCUT2D eigenvalue weighted by atomic mass is 35.5. The van der Waals surface area contributed by atoms with Crippen molar-refractivity contribution in [2.24, 2.45) is 5.92 Å². The number of nitrogens with one attached hydrogen (secondary N) is 2. The van der Waals surface area contributed by atoms with Crippen molar-refractivity contribution in [1.82, 2.24) is 10.3 Å². The van der Waals surface area contributed by atoms with Crippen LogP contribution >= 0.6 is 11.6 Å². The largest absolute Gasteiger partial charge is 0.384 e. The number of benzene rings is 1. The summed E-state index contributed by atoms with van der Waals surface area (Å²) in [5.41, 5.74) is 2.08. The van der Waals surface area contributed by atoms with E-state index in [0.717, 1.165) is 47.0 Å². The maximum absolute atomic E-state index is 6.02. The Morgan fingerprint density at radius 2 is 2.00 bits per heavy atom. The van der Waals surface area contributed by atoms with Gasteiger partial charge in [-0.1, -0.05) is 24.4 Å². The van der Waals surface area contributed by atoms with Crippen molar-refractivity contribution in [3.8, 4) is 0 Å². The van der Waals surface area contributed by atoms with Gasteiger partial charge >= 0.3 is 0 Å². The summed E-state index contributed by atoms with van der Waals surface area (Å²) in [5, 5.41) is 8.96. The molecular weight excluding hydrogens is 294 g/mol. The van der Waals surface area contributed by atoms with Crippen LogP contribution in [-0.2, 0) is 0 Å². The fourth-order valence-electron chi connectivity index (χ4n) is 3.23. The third-order valence-corrected chi connectivity index (χ3v) is 4.69. The smallest absolute Gasteiger partial charge is 0.0737 e. The molecule has 1 aromatic heterocycles. The zero-order chi connectivity index (χ0) is 15.2. The Labute approximate surface area is 137 Å². The van der Waals surface area contributed by atoms with Gasteiger partial charge in [-0.2, -0.15) is 0 Å². The molecule has 1 fully saturated rings. The molecular formula is C18H24ClN3. The quantitative estimate of drug-likeness (QED) is 0.740. The minimum absolute atomic E-state index is 0.730. The van der Waals surface area contributed by atoms with Crippen molar-refractivity contribution in [1.29, 1.82) is 0 Å². The van der Waals surface area contributed by atoms with Crippen molar-refractivity contribution in [3.63, 3.8) is 0 Å². The van der Waals surface area contributed by atoms with Crippen LogP contribution in [0, 0.1) is 5.92 Å². The van der Waals surface area contributed by atoms with Gasteiger partial charge in [-0.05, 0) is 62.5 Å². The Bertz CT molecular complexity index is 608. The SMILES string of the molecule is Clc1ccc2c(NCCCNCC3CCCC3)ccnc2c1. The summed E-state index contributed by atoms with van der Waals surface area (Å²) in [4.78, 5) is 4.37. The van der Waals surface area contributed by atoms with Gasteiger partial charge < -0.3 is 10.6 Å². The van der Waals surface area contributed by atoms with Gasteiger partial charge in [0.2, 0.25) is 0 Å². The molecule has 0 bridgehead atoms. The Morgan fingerprint density at radius 1 is 1.14 bits per heavy atom. The molecule has 118 valence electrons. The molecule has 1 aliphatic carbocycles. The van der Waals surface area contributed by atoms with Crippen molar-refractivity contribution >= 4 is 28.2 Å². The van der Waals surface area contributed by atoms with Crippen molar-refractivity contribution in [2.45, 2.75) is 32.1 Å². The highest BCUT2D eigenvalue weighted by molar-refractivity contribution is 6.31. The number of pyridine rings is 1. The minimum Gasteiger partial charge on any atom is -0.384 e. The van der Waals surface area contributed by atoms with Gasteiger partial charge in [0.25, 0.3) is 0 Å². The van der Waals surface area contributed by atoms with Crippen LogP contribution in [0.3, 0.4) is 0 Å². The summed E-state index contributed by atoms with van der Waals surface area (Å²) in [6, 6.07) is 7.89. The first kappa shape index (κ1) is 15.6. The summed E-state index contributed by atoms with van der Waals surface area (Å²) in [6.45, 7) is 3.24. The van der Waals surface area contributed by atoms with Crippen LogP contribution in [0.1, 0.15) is 32.1 Å². The first-order valence-corrected chi connectivity index (χ1v) is 8.69. The van der Waals surface area contributed by atoms with Gasteiger partial charge in [-0.3, -0.25) is 4.98 Å². The molecule has 3 rings (SSSR count). The lowest BCUT2D eigenvalue weighted by molar-refractivity contribution is 0.488.